The number of anilines is 1. The second-order valence-electron chi connectivity index (χ2n) is 6.30. The van der Waals surface area contributed by atoms with Crippen LogP contribution in [-0.2, 0) is 11.2 Å². The largest absolute Gasteiger partial charge is 0.481 e. The highest BCUT2D eigenvalue weighted by molar-refractivity contribution is 5.98. The van der Waals surface area contributed by atoms with Crippen LogP contribution < -0.4 is 9.64 Å². The van der Waals surface area contributed by atoms with Crippen LogP contribution in [0.15, 0.2) is 48.5 Å². The molecule has 1 aliphatic rings. The van der Waals surface area contributed by atoms with Gasteiger partial charge in [0, 0.05) is 11.7 Å². The molecule has 2 unspecified atom stereocenters. The Morgan fingerprint density at radius 1 is 1.17 bits per heavy atom. The number of carbonyl (C=O) groups excluding carboxylic acids is 1. The van der Waals surface area contributed by atoms with Crippen molar-refractivity contribution in [2.75, 3.05) is 4.90 Å². The molecule has 23 heavy (non-hydrogen) atoms. The highest BCUT2D eigenvalue weighted by atomic mass is 16.5. The molecule has 1 aliphatic heterocycles. The topological polar surface area (TPSA) is 29.5 Å². The van der Waals surface area contributed by atoms with E-state index in [0.29, 0.717) is 0 Å². The summed E-state index contributed by atoms with van der Waals surface area (Å²) in [6, 6.07) is 16.2. The molecule has 120 valence electrons. The first-order valence-electron chi connectivity index (χ1n) is 8.20. The second kappa shape index (κ2) is 6.45. The number of benzene rings is 2. The van der Waals surface area contributed by atoms with E-state index < -0.39 is 6.10 Å². The van der Waals surface area contributed by atoms with Gasteiger partial charge in [0.25, 0.3) is 5.91 Å². The van der Waals surface area contributed by atoms with Crippen molar-refractivity contribution in [3.05, 3.63) is 59.7 Å². The number of carbonyl (C=O) groups is 1. The number of hydrogen-bond acceptors (Lipinski definition) is 2. The van der Waals surface area contributed by atoms with E-state index in [0.717, 1.165) is 24.3 Å². The quantitative estimate of drug-likeness (QED) is 0.853. The molecule has 0 aromatic heterocycles. The summed E-state index contributed by atoms with van der Waals surface area (Å²) in [6.07, 6.45) is 1.50. The molecular formula is C20H23NO2. The number of nitrogens with zero attached hydrogens (tertiary/aromatic N) is 1. The van der Waals surface area contributed by atoms with Crippen LogP contribution >= 0.6 is 0 Å². The number of hydrogen-bond donors (Lipinski definition) is 0. The average molecular weight is 309 g/mol. The van der Waals surface area contributed by atoms with E-state index in [1.54, 1.807) is 0 Å². The van der Waals surface area contributed by atoms with E-state index in [4.69, 9.17) is 4.74 Å². The van der Waals surface area contributed by atoms with Gasteiger partial charge in [-0.25, -0.2) is 0 Å². The highest BCUT2D eigenvalue weighted by Gasteiger charge is 2.31. The molecule has 0 radical (unpaired) electrons. The number of aryl methyl sites for hydroxylation is 2. The molecule has 2 aromatic rings. The summed E-state index contributed by atoms with van der Waals surface area (Å²) in [5.74, 6) is 0.750. The predicted molar refractivity (Wildman–Crippen MR) is 93.0 cm³/mol. The normalized spacial score (nSPS) is 18.2. The van der Waals surface area contributed by atoms with Gasteiger partial charge in [-0.3, -0.25) is 4.79 Å². The SMILES string of the molecule is Cc1ccc(OC(C)C(=O)N2c3ccccc3CCC2C)cc1. The van der Waals surface area contributed by atoms with Crippen LogP contribution in [0, 0.1) is 6.92 Å². The summed E-state index contributed by atoms with van der Waals surface area (Å²) in [7, 11) is 0. The van der Waals surface area contributed by atoms with Crippen LogP contribution in [0.25, 0.3) is 0 Å². The Morgan fingerprint density at radius 3 is 2.61 bits per heavy atom. The molecule has 3 rings (SSSR count). The Morgan fingerprint density at radius 2 is 1.87 bits per heavy atom. The molecule has 1 amide bonds. The summed E-state index contributed by atoms with van der Waals surface area (Å²) in [4.78, 5) is 14.8. The van der Waals surface area contributed by atoms with E-state index in [1.807, 2.05) is 61.2 Å². The minimum Gasteiger partial charge on any atom is -0.481 e. The van der Waals surface area contributed by atoms with Crippen LogP contribution in [0.4, 0.5) is 5.69 Å². The van der Waals surface area contributed by atoms with Crippen molar-refractivity contribution >= 4 is 11.6 Å². The third kappa shape index (κ3) is 3.24. The molecule has 0 fully saturated rings. The van der Waals surface area contributed by atoms with Gasteiger partial charge in [-0.15, -0.1) is 0 Å². The van der Waals surface area contributed by atoms with Crippen LogP contribution in [-0.4, -0.2) is 18.1 Å². The van der Waals surface area contributed by atoms with E-state index in [-0.39, 0.29) is 11.9 Å². The van der Waals surface area contributed by atoms with Gasteiger partial charge in [-0.05, 0) is 57.4 Å². The fourth-order valence-corrected chi connectivity index (χ4v) is 3.09. The first kappa shape index (κ1) is 15.6. The molecule has 0 saturated heterocycles. The number of amides is 1. The highest BCUT2D eigenvalue weighted by Crippen LogP contribution is 2.31. The Bertz CT molecular complexity index is 693. The van der Waals surface area contributed by atoms with Gasteiger partial charge in [-0.1, -0.05) is 35.9 Å². The summed E-state index contributed by atoms with van der Waals surface area (Å²) in [5.41, 5.74) is 3.44. The minimum atomic E-state index is -0.508. The molecular weight excluding hydrogens is 286 g/mol. The van der Waals surface area contributed by atoms with Crippen LogP contribution in [0.5, 0.6) is 5.75 Å². The second-order valence-corrected chi connectivity index (χ2v) is 6.30. The van der Waals surface area contributed by atoms with Gasteiger partial charge in [0.1, 0.15) is 5.75 Å². The first-order chi connectivity index (χ1) is 11.1. The zero-order valence-electron chi connectivity index (χ0n) is 14.0. The number of para-hydroxylation sites is 1. The fraction of sp³-hybridized carbons (Fsp3) is 0.350. The van der Waals surface area contributed by atoms with Crippen molar-refractivity contribution < 1.29 is 9.53 Å². The summed E-state index contributed by atoms with van der Waals surface area (Å²) in [6.45, 7) is 5.96. The molecule has 2 aromatic carbocycles. The zero-order valence-corrected chi connectivity index (χ0v) is 14.0. The summed E-state index contributed by atoms with van der Waals surface area (Å²) < 4.78 is 5.86. The van der Waals surface area contributed by atoms with Crippen LogP contribution in [0.3, 0.4) is 0 Å². The van der Waals surface area contributed by atoms with E-state index >= 15 is 0 Å². The predicted octanol–water partition coefficient (Wildman–Crippen LogP) is 4.13. The number of fused-ring (bicyclic) bond motifs is 1. The Balaban J connectivity index is 1.80. The Hall–Kier alpha value is -2.29. The van der Waals surface area contributed by atoms with E-state index in [1.165, 1.54) is 11.1 Å². The Labute approximate surface area is 137 Å². The lowest BCUT2D eigenvalue weighted by Crippen LogP contribution is -2.47. The first-order valence-corrected chi connectivity index (χ1v) is 8.20. The number of rotatable bonds is 3. The minimum absolute atomic E-state index is 0.0187. The maximum absolute atomic E-state index is 12.9. The molecule has 3 nitrogen and oxygen atoms in total. The van der Waals surface area contributed by atoms with Crippen molar-refractivity contribution in [1.29, 1.82) is 0 Å². The molecule has 2 atom stereocenters. The lowest BCUT2D eigenvalue weighted by molar-refractivity contribution is -0.125. The maximum Gasteiger partial charge on any atom is 0.268 e. The third-order valence-electron chi connectivity index (χ3n) is 4.44. The molecule has 1 heterocycles. The van der Waals surface area contributed by atoms with Crippen molar-refractivity contribution in [1.82, 2.24) is 0 Å². The smallest absolute Gasteiger partial charge is 0.268 e. The van der Waals surface area contributed by atoms with E-state index in [9.17, 15) is 4.79 Å². The molecule has 0 spiro atoms. The lowest BCUT2D eigenvalue weighted by atomic mass is 9.96. The lowest BCUT2D eigenvalue weighted by Gasteiger charge is -2.36. The van der Waals surface area contributed by atoms with Crippen molar-refractivity contribution in [3.8, 4) is 5.75 Å². The van der Waals surface area contributed by atoms with E-state index in [2.05, 4.69) is 13.0 Å². The van der Waals surface area contributed by atoms with Gasteiger partial charge in [0.05, 0.1) is 0 Å². The summed E-state index contributed by atoms with van der Waals surface area (Å²) >= 11 is 0. The fourth-order valence-electron chi connectivity index (χ4n) is 3.09. The molecule has 0 aliphatic carbocycles. The van der Waals surface area contributed by atoms with Crippen molar-refractivity contribution in [2.24, 2.45) is 0 Å². The van der Waals surface area contributed by atoms with Crippen molar-refractivity contribution in [3.63, 3.8) is 0 Å². The Kier molecular flexibility index (Phi) is 4.37. The van der Waals surface area contributed by atoms with Gasteiger partial charge < -0.3 is 9.64 Å². The number of ether oxygens (including phenoxy) is 1. The van der Waals surface area contributed by atoms with Gasteiger partial charge in [0.15, 0.2) is 6.10 Å². The monoisotopic (exact) mass is 309 g/mol. The van der Waals surface area contributed by atoms with Gasteiger partial charge in [0.2, 0.25) is 0 Å². The van der Waals surface area contributed by atoms with Gasteiger partial charge in [-0.2, -0.15) is 0 Å². The molecule has 3 heteroatoms. The third-order valence-corrected chi connectivity index (χ3v) is 4.44. The average Bonchev–Trinajstić information content (AvgIpc) is 2.56. The standard InChI is InChI=1S/C20H23NO2/c1-14-8-12-18(13-9-14)23-16(3)20(22)21-15(2)10-11-17-6-4-5-7-19(17)21/h4-9,12-13,15-16H,10-11H2,1-3H3. The maximum atomic E-state index is 12.9. The van der Waals surface area contributed by atoms with Crippen molar-refractivity contribution in [2.45, 2.75) is 45.8 Å². The molecule has 0 N–H and O–H groups in total. The van der Waals surface area contributed by atoms with Gasteiger partial charge >= 0.3 is 0 Å². The molecule has 0 saturated carbocycles. The van der Waals surface area contributed by atoms with Crippen LogP contribution in [0.1, 0.15) is 31.4 Å². The van der Waals surface area contributed by atoms with Crippen LogP contribution in [0.2, 0.25) is 0 Å². The molecule has 0 bridgehead atoms. The zero-order chi connectivity index (χ0) is 16.4. The summed E-state index contributed by atoms with van der Waals surface area (Å²) in [5, 5.41) is 0.